The molecule has 4 heterocycles. The summed E-state index contributed by atoms with van der Waals surface area (Å²) in [6.07, 6.45) is 5.83. The lowest BCUT2D eigenvalue weighted by atomic mass is 10.2. The van der Waals surface area contributed by atoms with Crippen LogP contribution in [0.5, 0.6) is 0 Å². The summed E-state index contributed by atoms with van der Waals surface area (Å²) in [7, 11) is 0. The van der Waals surface area contributed by atoms with Crippen molar-refractivity contribution in [2.45, 2.75) is 32.4 Å². The molecule has 1 aliphatic heterocycles. The van der Waals surface area contributed by atoms with Crippen molar-refractivity contribution in [1.82, 2.24) is 19.6 Å². The standard InChI is InChI=1S/C15H17N5O2/c1-10-4-5-13-16-7-11(20(13)9-10)8-17-15-19-18-14(22-15)12-3-2-6-21-12/h4-5,7,9,12H,2-3,6,8H2,1H3,(H,17,19). The molecule has 7 heteroatoms. The van der Waals surface area contributed by atoms with Crippen LogP contribution in [0.1, 0.15) is 36.1 Å². The van der Waals surface area contributed by atoms with Crippen molar-refractivity contribution in [3.05, 3.63) is 41.7 Å². The van der Waals surface area contributed by atoms with Crippen LogP contribution in [-0.2, 0) is 11.3 Å². The lowest BCUT2D eigenvalue weighted by molar-refractivity contribution is 0.0897. The first-order valence-electron chi connectivity index (χ1n) is 7.41. The molecule has 0 amide bonds. The number of imidazole rings is 1. The van der Waals surface area contributed by atoms with Gasteiger partial charge in [0.25, 0.3) is 0 Å². The topological polar surface area (TPSA) is 77.5 Å². The number of fused-ring (bicyclic) bond motifs is 1. The van der Waals surface area contributed by atoms with E-state index in [0.717, 1.165) is 30.8 Å². The maximum Gasteiger partial charge on any atom is 0.315 e. The molecule has 1 unspecified atom stereocenters. The summed E-state index contributed by atoms with van der Waals surface area (Å²) in [6, 6.07) is 4.46. The van der Waals surface area contributed by atoms with Gasteiger partial charge in [-0.05, 0) is 31.4 Å². The third-order valence-corrected chi connectivity index (χ3v) is 3.80. The third kappa shape index (κ3) is 2.43. The number of rotatable bonds is 4. The number of anilines is 1. The Morgan fingerprint density at radius 2 is 2.32 bits per heavy atom. The highest BCUT2D eigenvalue weighted by Crippen LogP contribution is 2.28. The van der Waals surface area contributed by atoms with E-state index >= 15 is 0 Å². The van der Waals surface area contributed by atoms with Gasteiger partial charge in [-0.15, -0.1) is 5.10 Å². The fourth-order valence-electron chi connectivity index (χ4n) is 2.64. The first kappa shape index (κ1) is 13.3. The Labute approximate surface area is 127 Å². The molecule has 7 nitrogen and oxygen atoms in total. The van der Waals surface area contributed by atoms with Crippen LogP contribution < -0.4 is 5.32 Å². The molecule has 1 aliphatic rings. The lowest BCUT2D eigenvalue weighted by Crippen LogP contribution is -2.03. The van der Waals surface area contributed by atoms with Gasteiger partial charge in [0.05, 0.1) is 18.4 Å². The van der Waals surface area contributed by atoms with Crippen molar-refractivity contribution in [2.75, 3.05) is 11.9 Å². The minimum absolute atomic E-state index is 0.0542. The number of pyridine rings is 1. The number of hydrogen-bond donors (Lipinski definition) is 1. The Morgan fingerprint density at radius 1 is 1.36 bits per heavy atom. The molecule has 3 aromatic heterocycles. The zero-order valence-corrected chi connectivity index (χ0v) is 12.3. The Kier molecular flexibility index (Phi) is 3.27. The number of hydrogen-bond acceptors (Lipinski definition) is 6. The molecule has 1 atom stereocenters. The summed E-state index contributed by atoms with van der Waals surface area (Å²) in [6.45, 7) is 3.39. The molecule has 1 fully saturated rings. The quantitative estimate of drug-likeness (QED) is 0.797. The second kappa shape index (κ2) is 5.42. The third-order valence-electron chi connectivity index (χ3n) is 3.80. The van der Waals surface area contributed by atoms with Crippen molar-refractivity contribution in [1.29, 1.82) is 0 Å². The molecular weight excluding hydrogens is 282 g/mol. The van der Waals surface area contributed by atoms with E-state index in [0.29, 0.717) is 18.5 Å². The fourth-order valence-corrected chi connectivity index (χ4v) is 2.64. The second-order valence-corrected chi connectivity index (χ2v) is 5.48. The Hall–Kier alpha value is -2.41. The van der Waals surface area contributed by atoms with Crippen LogP contribution in [-0.4, -0.2) is 26.2 Å². The number of aryl methyl sites for hydroxylation is 1. The van der Waals surface area contributed by atoms with Gasteiger partial charge < -0.3 is 18.9 Å². The van der Waals surface area contributed by atoms with E-state index in [1.165, 1.54) is 5.56 Å². The highest BCUT2D eigenvalue weighted by Gasteiger charge is 2.23. The van der Waals surface area contributed by atoms with E-state index in [4.69, 9.17) is 9.15 Å². The maximum atomic E-state index is 5.61. The molecule has 4 rings (SSSR count). The fraction of sp³-hybridized carbons (Fsp3) is 0.400. The lowest BCUT2D eigenvalue weighted by Gasteiger charge is -2.04. The Bertz CT molecular complexity index is 788. The van der Waals surface area contributed by atoms with E-state index in [9.17, 15) is 0 Å². The molecular formula is C15H17N5O2. The second-order valence-electron chi connectivity index (χ2n) is 5.48. The van der Waals surface area contributed by atoms with E-state index in [-0.39, 0.29) is 6.10 Å². The minimum atomic E-state index is -0.0542. The summed E-state index contributed by atoms with van der Waals surface area (Å²) < 4.78 is 13.2. The summed E-state index contributed by atoms with van der Waals surface area (Å²) in [5.41, 5.74) is 3.15. The van der Waals surface area contributed by atoms with E-state index < -0.39 is 0 Å². The largest absolute Gasteiger partial charge is 0.405 e. The highest BCUT2D eigenvalue weighted by atomic mass is 16.5. The minimum Gasteiger partial charge on any atom is -0.405 e. The molecule has 22 heavy (non-hydrogen) atoms. The van der Waals surface area contributed by atoms with Gasteiger partial charge in [-0.25, -0.2) is 4.98 Å². The Morgan fingerprint density at radius 3 is 3.18 bits per heavy atom. The van der Waals surface area contributed by atoms with Crippen molar-refractivity contribution < 1.29 is 9.15 Å². The molecule has 0 aliphatic carbocycles. The average Bonchev–Trinajstić information content (AvgIpc) is 3.25. The number of aromatic nitrogens is 4. The van der Waals surface area contributed by atoms with Crippen LogP contribution in [0, 0.1) is 6.92 Å². The zero-order chi connectivity index (χ0) is 14.9. The molecule has 0 bridgehead atoms. The van der Waals surface area contributed by atoms with E-state index in [1.807, 2.05) is 18.3 Å². The van der Waals surface area contributed by atoms with Gasteiger partial charge in [0.2, 0.25) is 5.89 Å². The van der Waals surface area contributed by atoms with Gasteiger partial charge in [-0.2, -0.15) is 0 Å². The van der Waals surface area contributed by atoms with Crippen molar-refractivity contribution >= 4 is 11.7 Å². The van der Waals surface area contributed by atoms with Gasteiger partial charge in [0.15, 0.2) is 0 Å². The van der Waals surface area contributed by atoms with Gasteiger partial charge in [-0.1, -0.05) is 11.2 Å². The summed E-state index contributed by atoms with van der Waals surface area (Å²) in [4.78, 5) is 4.38. The Balaban J connectivity index is 1.48. The highest BCUT2D eigenvalue weighted by molar-refractivity contribution is 5.42. The molecule has 0 radical (unpaired) electrons. The van der Waals surface area contributed by atoms with Crippen LogP contribution in [0.4, 0.5) is 6.01 Å². The first-order valence-corrected chi connectivity index (χ1v) is 7.41. The van der Waals surface area contributed by atoms with Gasteiger partial charge in [-0.3, -0.25) is 0 Å². The van der Waals surface area contributed by atoms with Gasteiger partial charge in [0, 0.05) is 12.8 Å². The van der Waals surface area contributed by atoms with Crippen LogP contribution in [0.15, 0.2) is 28.9 Å². The first-order chi connectivity index (χ1) is 10.8. The monoisotopic (exact) mass is 299 g/mol. The summed E-state index contributed by atoms with van der Waals surface area (Å²) >= 11 is 0. The predicted molar refractivity (Wildman–Crippen MR) is 79.5 cm³/mol. The van der Waals surface area contributed by atoms with Crippen molar-refractivity contribution in [2.24, 2.45) is 0 Å². The van der Waals surface area contributed by atoms with Gasteiger partial charge in [0.1, 0.15) is 11.8 Å². The predicted octanol–water partition coefficient (Wildman–Crippen LogP) is 2.49. The summed E-state index contributed by atoms with van der Waals surface area (Å²) in [5, 5.41) is 11.2. The van der Waals surface area contributed by atoms with Crippen LogP contribution >= 0.6 is 0 Å². The zero-order valence-electron chi connectivity index (χ0n) is 12.3. The SMILES string of the molecule is Cc1ccc2ncc(CNc3nnc(C4CCCO4)o3)n2c1. The van der Waals surface area contributed by atoms with Crippen molar-refractivity contribution in [3.8, 4) is 0 Å². The maximum absolute atomic E-state index is 5.61. The van der Waals surface area contributed by atoms with E-state index in [2.05, 4.69) is 38.0 Å². The average molecular weight is 299 g/mol. The molecule has 0 spiro atoms. The molecule has 1 N–H and O–H groups in total. The van der Waals surface area contributed by atoms with Crippen LogP contribution in [0.3, 0.4) is 0 Å². The van der Waals surface area contributed by atoms with E-state index in [1.54, 1.807) is 0 Å². The van der Waals surface area contributed by atoms with Crippen LogP contribution in [0.2, 0.25) is 0 Å². The molecule has 1 saturated heterocycles. The molecule has 0 saturated carbocycles. The molecule has 3 aromatic rings. The number of nitrogens with one attached hydrogen (secondary N) is 1. The van der Waals surface area contributed by atoms with Crippen molar-refractivity contribution in [3.63, 3.8) is 0 Å². The molecule has 0 aromatic carbocycles. The molecule has 114 valence electrons. The number of nitrogens with zero attached hydrogens (tertiary/aromatic N) is 4. The van der Waals surface area contributed by atoms with Gasteiger partial charge >= 0.3 is 6.01 Å². The van der Waals surface area contributed by atoms with Crippen LogP contribution in [0.25, 0.3) is 5.65 Å². The number of ether oxygens (including phenoxy) is 1. The smallest absolute Gasteiger partial charge is 0.315 e. The summed E-state index contributed by atoms with van der Waals surface area (Å²) in [5.74, 6) is 0.550. The normalized spacial score (nSPS) is 18.1.